The summed E-state index contributed by atoms with van der Waals surface area (Å²) in [6.45, 7) is 0.317. The van der Waals surface area contributed by atoms with E-state index in [4.69, 9.17) is 9.15 Å². The number of carbonyl (C=O) groups excluding carboxylic acids is 1. The summed E-state index contributed by atoms with van der Waals surface area (Å²) in [5.41, 5.74) is 0.279. The zero-order chi connectivity index (χ0) is 13.1. The van der Waals surface area contributed by atoms with Crippen LogP contribution in [0.5, 0.6) is 5.88 Å². The second-order valence-corrected chi connectivity index (χ2v) is 4.35. The Bertz CT molecular complexity index is 548. The lowest BCUT2D eigenvalue weighted by atomic mass is 10.4. The first kappa shape index (κ1) is 12.7. The second kappa shape index (κ2) is 5.26. The molecule has 0 fully saturated rings. The molecule has 0 aliphatic rings. The maximum Gasteiger partial charge on any atom is 0.273 e. The van der Waals surface area contributed by atoms with Crippen LogP contribution in [-0.4, -0.2) is 22.8 Å². The van der Waals surface area contributed by atoms with Gasteiger partial charge in [-0.1, -0.05) is 0 Å². The Kier molecular flexibility index (Phi) is 3.71. The molecule has 1 N–H and O–H groups in total. The highest BCUT2D eigenvalue weighted by molar-refractivity contribution is 9.10. The predicted molar refractivity (Wildman–Crippen MR) is 67.3 cm³/mol. The molecule has 1 amide bonds. The largest absolute Gasteiger partial charge is 0.480 e. The second-order valence-electron chi connectivity index (χ2n) is 3.56. The minimum Gasteiger partial charge on any atom is -0.480 e. The fraction of sp³-hybridized carbons (Fsp3) is 0.273. The van der Waals surface area contributed by atoms with Crippen molar-refractivity contribution in [2.45, 2.75) is 6.54 Å². The Morgan fingerprint density at radius 1 is 1.67 bits per heavy atom. The van der Waals surface area contributed by atoms with Gasteiger partial charge >= 0.3 is 0 Å². The van der Waals surface area contributed by atoms with Crippen LogP contribution in [0.15, 0.2) is 27.3 Å². The lowest BCUT2D eigenvalue weighted by Crippen LogP contribution is -2.23. The predicted octanol–water partition coefficient (Wildman–Crippen LogP) is 1.71. The summed E-state index contributed by atoms with van der Waals surface area (Å²) >= 11 is 3.29. The monoisotopic (exact) mass is 313 g/mol. The van der Waals surface area contributed by atoms with Crippen molar-refractivity contribution < 1.29 is 13.9 Å². The van der Waals surface area contributed by atoms with Crippen molar-refractivity contribution in [2.75, 3.05) is 7.11 Å². The van der Waals surface area contributed by atoms with Crippen molar-refractivity contribution in [1.82, 2.24) is 15.1 Å². The van der Waals surface area contributed by atoms with Gasteiger partial charge in [0.05, 0.1) is 19.9 Å². The first-order valence-electron chi connectivity index (χ1n) is 5.20. The normalized spacial score (nSPS) is 10.4. The van der Waals surface area contributed by atoms with Gasteiger partial charge in [0.15, 0.2) is 5.69 Å². The maximum atomic E-state index is 11.9. The minimum absolute atomic E-state index is 0.279. The number of nitrogens with one attached hydrogen (secondary N) is 1. The van der Waals surface area contributed by atoms with Crippen molar-refractivity contribution in [2.24, 2.45) is 7.05 Å². The van der Waals surface area contributed by atoms with E-state index in [1.54, 1.807) is 25.4 Å². The Morgan fingerprint density at radius 3 is 3.00 bits per heavy atom. The van der Waals surface area contributed by atoms with Crippen LogP contribution in [0.25, 0.3) is 0 Å². The highest BCUT2D eigenvalue weighted by Crippen LogP contribution is 2.27. The van der Waals surface area contributed by atoms with Gasteiger partial charge in [0.1, 0.15) is 10.2 Å². The van der Waals surface area contributed by atoms with Crippen LogP contribution in [0.1, 0.15) is 16.2 Å². The molecule has 6 nitrogen and oxygen atoms in total. The molecule has 0 aromatic carbocycles. The first-order chi connectivity index (χ1) is 8.63. The Hall–Kier alpha value is -1.76. The van der Waals surface area contributed by atoms with Gasteiger partial charge in [-0.2, -0.15) is 5.10 Å². The lowest BCUT2D eigenvalue weighted by molar-refractivity contribution is 0.0941. The first-order valence-corrected chi connectivity index (χ1v) is 6.00. The average molecular weight is 314 g/mol. The van der Waals surface area contributed by atoms with Crippen molar-refractivity contribution in [3.8, 4) is 5.88 Å². The molecule has 0 saturated carbocycles. The zero-order valence-corrected chi connectivity index (χ0v) is 11.5. The van der Waals surface area contributed by atoms with E-state index in [1.165, 1.54) is 11.8 Å². The standard InChI is InChI=1S/C11H12BrN3O3/c1-15-11(17-2)8(12)9(14-15)10(16)13-6-7-4-3-5-18-7/h3-5H,6H2,1-2H3,(H,13,16). The molecule has 2 aromatic heterocycles. The van der Waals surface area contributed by atoms with Gasteiger partial charge in [-0.05, 0) is 28.1 Å². The third-order valence-electron chi connectivity index (χ3n) is 2.35. The molecular weight excluding hydrogens is 302 g/mol. The van der Waals surface area contributed by atoms with Crippen molar-refractivity contribution >= 4 is 21.8 Å². The number of hydrogen-bond acceptors (Lipinski definition) is 4. The smallest absolute Gasteiger partial charge is 0.273 e. The van der Waals surface area contributed by atoms with Gasteiger partial charge in [-0.3, -0.25) is 4.79 Å². The van der Waals surface area contributed by atoms with Crippen molar-refractivity contribution in [1.29, 1.82) is 0 Å². The quantitative estimate of drug-likeness (QED) is 0.933. The van der Waals surface area contributed by atoms with E-state index in [-0.39, 0.29) is 11.6 Å². The van der Waals surface area contributed by atoms with Crippen molar-refractivity contribution in [3.63, 3.8) is 0 Å². The molecular formula is C11H12BrN3O3. The molecule has 2 rings (SSSR count). The summed E-state index contributed by atoms with van der Waals surface area (Å²) in [6.07, 6.45) is 1.56. The highest BCUT2D eigenvalue weighted by Gasteiger charge is 2.20. The number of halogens is 1. The molecule has 0 atom stereocenters. The fourth-order valence-corrected chi connectivity index (χ4v) is 2.19. The summed E-state index contributed by atoms with van der Waals surface area (Å²) in [7, 11) is 3.22. The molecule has 7 heteroatoms. The number of hydrogen-bond donors (Lipinski definition) is 1. The van der Waals surface area contributed by atoms with Gasteiger partial charge < -0.3 is 14.5 Å². The third-order valence-corrected chi connectivity index (χ3v) is 3.07. The van der Waals surface area contributed by atoms with Crippen LogP contribution in [0.4, 0.5) is 0 Å². The summed E-state index contributed by atoms with van der Waals surface area (Å²) in [4.78, 5) is 11.9. The van der Waals surface area contributed by atoms with Gasteiger partial charge in [-0.25, -0.2) is 4.68 Å². The molecule has 0 aliphatic heterocycles. The van der Waals surface area contributed by atoms with E-state index in [1.807, 2.05) is 0 Å². The van der Waals surface area contributed by atoms with Crippen LogP contribution in [-0.2, 0) is 13.6 Å². The Labute approximate surface area is 112 Å². The molecule has 0 unspecified atom stereocenters. The molecule has 0 saturated heterocycles. The summed E-state index contributed by atoms with van der Waals surface area (Å²) in [5.74, 6) is 0.887. The van der Waals surface area contributed by atoms with Crippen LogP contribution >= 0.6 is 15.9 Å². The zero-order valence-electron chi connectivity index (χ0n) is 9.94. The van der Waals surface area contributed by atoms with E-state index in [0.717, 1.165) is 0 Å². The fourth-order valence-electron chi connectivity index (χ4n) is 1.51. The number of rotatable bonds is 4. The molecule has 0 aliphatic carbocycles. The highest BCUT2D eigenvalue weighted by atomic mass is 79.9. The molecule has 0 bridgehead atoms. The number of aromatic nitrogens is 2. The lowest BCUT2D eigenvalue weighted by Gasteiger charge is -2.00. The number of furan rings is 1. The van der Waals surface area contributed by atoms with E-state index < -0.39 is 0 Å². The molecule has 2 aromatic rings. The SMILES string of the molecule is COc1c(Br)c(C(=O)NCc2ccco2)nn1C. The van der Waals surface area contributed by atoms with E-state index in [0.29, 0.717) is 22.7 Å². The van der Waals surface area contributed by atoms with E-state index in [2.05, 4.69) is 26.3 Å². The maximum absolute atomic E-state index is 11.9. The summed E-state index contributed by atoms with van der Waals surface area (Å²) in [6, 6.07) is 3.55. The number of amides is 1. The number of carbonyl (C=O) groups is 1. The molecule has 18 heavy (non-hydrogen) atoms. The van der Waals surface area contributed by atoms with Crippen LogP contribution in [0.2, 0.25) is 0 Å². The topological polar surface area (TPSA) is 69.3 Å². The number of aryl methyl sites for hydroxylation is 1. The van der Waals surface area contributed by atoms with Gasteiger partial charge in [-0.15, -0.1) is 0 Å². The molecule has 0 radical (unpaired) electrons. The van der Waals surface area contributed by atoms with Crippen LogP contribution < -0.4 is 10.1 Å². The van der Waals surface area contributed by atoms with Crippen LogP contribution in [0, 0.1) is 0 Å². The summed E-state index contributed by atoms with van der Waals surface area (Å²) < 4.78 is 12.3. The third kappa shape index (κ3) is 2.40. The van der Waals surface area contributed by atoms with E-state index >= 15 is 0 Å². The van der Waals surface area contributed by atoms with Gasteiger partial charge in [0, 0.05) is 7.05 Å². The number of nitrogens with zero attached hydrogens (tertiary/aromatic N) is 2. The van der Waals surface area contributed by atoms with E-state index in [9.17, 15) is 4.79 Å². The van der Waals surface area contributed by atoms with Gasteiger partial charge in [0.25, 0.3) is 5.91 Å². The van der Waals surface area contributed by atoms with Gasteiger partial charge in [0.2, 0.25) is 5.88 Å². The Morgan fingerprint density at radius 2 is 2.44 bits per heavy atom. The number of methoxy groups -OCH3 is 1. The minimum atomic E-state index is -0.294. The summed E-state index contributed by atoms with van der Waals surface area (Å²) in [5, 5.41) is 6.80. The Balaban J connectivity index is 2.09. The molecule has 96 valence electrons. The van der Waals surface area contributed by atoms with Crippen LogP contribution in [0.3, 0.4) is 0 Å². The number of ether oxygens (including phenoxy) is 1. The van der Waals surface area contributed by atoms with Crippen molar-refractivity contribution in [3.05, 3.63) is 34.3 Å². The molecule has 2 heterocycles. The molecule has 0 spiro atoms. The average Bonchev–Trinajstić information content (AvgIpc) is 2.95.